The fourth-order valence-corrected chi connectivity index (χ4v) is 3.50. The number of rotatable bonds is 8. The number of benzene rings is 2. The van der Waals surface area contributed by atoms with Gasteiger partial charge in [-0.3, -0.25) is 0 Å². The summed E-state index contributed by atoms with van der Waals surface area (Å²) in [6, 6.07) is 11.4. The lowest BCUT2D eigenvalue weighted by molar-refractivity contribution is -0.0390. The van der Waals surface area contributed by atoms with Gasteiger partial charge in [-0.2, -0.15) is 0 Å². The van der Waals surface area contributed by atoms with E-state index in [1.807, 2.05) is 26.0 Å². The van der Waals surface area contributed by atoms with Crippen molar-refractivity contribution in [2.75, 3.05) is 19.8 Å². The molecule has 2 aromatic rings. The van der Waals surface area contributed by atoms with Gasteiger partial charge in [-0.25, -0.2) is 13.8 Å². The Bertz CT molecular complexity index is 870. The highest BCUT2D eigenvalue weighted by atomic mass is 19.1. The number of hydrogen-bond acceptors (Lipinski definition) is 3. The number of nitrogens with zero attached hydrogens (tertiary/aromatic N) is 1. The topological polar surface area (TPSA) is 54.9 Å². The molecule has 0 saturated carbocycles. The SMILES string of the molecule is CCNC(=NCc1cccc(COC2CCOCC2)c1)NC(C)c1ccc(F)cc1F. The zero-order chi connectivity index (χ0) is 22.1. The fourth-order valence-electron chi connectivity index (χ4n) is 3.50. The van der Waals surface area contributed by atoms with Crippen molar-refractivity contribution in [2.45, 2.75) is 52.0 Å². The van der Waals surface area contributed by atoms with Crippen molar-refractivity contribution in [3.63, 3.8) is 0 Å². The van der Waals surface area contributed by atoms with Crippen LogP contribution >= 0.6 is 0 Å². The second-order valence-electron chi connectivity index (χ2n) is 7.67. The molecule has 1 heterocycles. The summed E-state index contributed by atoms with van der Waals surface area (Å²) in [5, 5.41) is 6.36. The second-order valence-corrected chi connectivity index (χ2v) is 7.67. The first-order chi connectivity index (χ1) is 15.0. The summed E-state index contributed by atoms with van der Waals surface area (Å²) in [6.07, 6.45) is 2.14. The lowest BCUT2D eigenvalue weighted by atomic mass is 10.1. The quantitative estimate of drug-likeness (QED) is 0.478. The normalized spacial score (nSPS) is 16.2. The molecule has 0 bridgehead atoms. The Kier molecular flexibility index (Phi) is 8.79. The molecule has 0 amide bonds. The van der Waals surface area contributed by atoms with Crippen LogP contribution in [0.25, 0.3) is 0 Å². The lowest BCUT2D eigenvalue weighted by Crippen LogP contribution is -2.39. The minimum Gasteiger partial charge on any atom is -0.381 e. The Labute approximate surface area is 182 Å². The molecule has 1 saturated heterocycles. The molecule has 31 heavy (non-hydrogen) atoms. The van der Waals surface area contributed by atoms with Crippen LogP contribution in [0.1, 0.15) is 49.4 Å². The van der Waals surface area contributed by atoms with E-state index in [2.05, 4.69) is 27.8 Å². The van der Waals surface area contributed by atoms with Gasteiger partial charge >= 0.3 is 0 Å². The molecule has 1 aliphatic rings. The highest BCUT2D eigenvalue weighted by molar-refractivity contribution is 5.80. The Balaban J connectivity index is 1.60. The van der Waals surface area contributed by atoms with E-state index >= 15 is 0 Å². The first-order valence-electron chi connectivity index (χ1n) is 10.8. The molecular weight excluding hydrogens is 400 g/mol. The van der Waals surface area contributed by atoms with Crippen molar-refractivity contribution in [3.8, 4) is 0 Å². The minimum absolute atomic E-state index is 0.258. The van der Waals surface area contributed by atoms with Gasteiger partial charge in [-0.1, -0.05) is 30.3 Å². The molecule has 1 fully saturated rings. The van der Waals surface area contributed by atoms with Gasteiger partial charge < -0.3 is 20.1 Å². The van der Waals surface area contributed by atoms with Crippen LogP contribution in [0.4, 0.5) is 8.78 Å². The predicted molar refractivity (Wildman–Crippen MR) is 118 cm³/mol. The van der Waals surface area contributed by atoms with Crippen LogP contribution in [0.2, 0.25) is 0 Å². The molecule has 7 heteroatoms. The van der Waals surface area contributed by atoms with Gasteiger partial charge in [0.2, 0.25) is 0 Å². The Hall–Kier alpha value is -2.51. The van der Waals surface area contributed by atoms with E-state index in [0.717, 1.165) is 43.2 Å². The maximum Gasteiger partial charge on any atom is 0.192 e. The van der Waals surface area contributed by atoms with Crippen molar-refractivity contribution >= 4 is 5.96 Å². The molecule has 0 aromatic heterocycles. The highest BCUT2D eigenvalue weighted by Gasteiger charge is 2.15. The van der Waals surface area contributed by atoms with E-state index in [4.69, 9.17) is 9.47 Å². The Morgan fingerprint density at radius 3 is 2.68 bits per heavy atom. The maximum atomic E-state index is 14.1. The van der Waals surface area contributed by atoms with Crippen molar-refractivity contribution in [2.24, 2.45) is 4.99 Å². The average Bonchev–Trinajstić information content (AvgIpc) is 2.77. The van der Waals surface area contributed by atoms with Crippen LogP contribution in [-0.2, 0) is 22.6 Å². The van der Waals surface area contributed by atoms with E-state index in [1.54, 1.807) is 0 Å². The predicted octanol–water partition coefficient (Wildman–Crippen LogP) is 4.48. The van der Waals surface area contributed by atoms with Gasteiger partial charge in [0.15, 0.2) is 5.96 Å². The summed E-state index contributed by atoms with van der Waals surface area (Å²) >= 11 is 0. The largest absolute Gasteiger partial charge is 0.381 e. The summed E-state index contributed by atoms with van der Waals surface area (Å²) in [5.41, 5.74) is 2.56. The van der Waals surface area contributed by atoms with Crippen LogP contribution in [0.3, 0.4) is 0 Å². The molecule has 1 aliphatic heterocycles. The van der Waals surface area contributed by atoms with Crippen molar-refractivity contribution < 1.29 is 18.3 Å². The van der Waals surface area contributed by atoms with Crippen LogP contribution in [0.5, 0.6) is 0 Å². The van der Waals surface area contributed by atoms with E-state index in [-0.39, 0.29) is 12.1 Å². The number of halogens is 2. The van der Waals surface area contributed by atoms with Gasteiger partial charge in [0, 0.05) is 31.4 Å². The maximum absolute atomic E-state index is 14.1. The van der Waals surface area contributed by atoms with Crippen LogP contribution in [0, 0.1) is 11.6 Å². The van der Waals surface area contributed by atoms with Crippen LogP contribution in [-0.4, -0.2) is 31.8 Å². The van der Waals surface area contributed by atoms with E-state index < -0.39 is 11.6 Å². The average molecular weight is 432 g/mol. The fraction of sp³-hybridized carbons (Fsp3) is 0.458. The summed E-state index contributed by atoms with van der Waals surface area (Å²) in [6.45, 7) is 7.02. The number of nitrogens with one attached hydrogen (secondary N) is 2. The van der Waals surface area contributed by atoms with E-state index in [0.29, 0.717) is 31.2 Å². The minimum atomic E-state index is -0.588. The zero-order valence-corrected chi connectivity index (χ0v) is 18.2. The van der Waals surface area contributed by atoms with Crippen LogP contribution in [0.15, 0.2) is 47.5 Å². The van der Waals surface area contributed by atoms with E-state index in [9.17, 15) is 8.78 Å². The van der Waals surface area contributed by atoms with Crippen molar-refractivity contribution in [1.29, 1.82) is 0 Å². The highest BCUT2D eigenvalue weighted by Crippen LogP contribution is 2.18. The van der Waals surface area contributed by atoms with Gasteiger partial charge in [0.1, 0.15) is 11.6 Å². The number of ether oxygens (including phenoxy) is 2. The summed E-state index contributed by atoms with van der Waals surface area (Å²) in [4.78, 5) is 4.63. The molecule has 0 spiro atoms. The molecular formula is C24H31F2N3O2. The van der Waals surface area contributed by atoms with E-state index in [1.165, 1.54) is 12.1 Å². The van der Waals surface area contributed by atoms with Gasteiger partial charge in [0.25, 0.3) is 0 Å². The smallest absolute Gasteiger partial charge is 0.192 e. The van der Waals surface area contributed by atoms with Crippen molar-refractivity contribution in [1.82, 2.24) is 10.6 Å². The number of guanidine groups is 1. The molecule has 5 nitrogen and oxygen atoms in total. The van der Waals surface area contributed by atoms with Crippen LogP contribution < -0.4 is 10.6 Å². The van der Waals surface area contributed by atoms with Crippen molar-refractivity contribution in [3.05, 3.63) is 70.8 Å². The first kappa shape index (κ1) is 23.2. The molecule has 168 valence electrons. The first-order valence-corrected chi connectivity index (χ1v) is 10.8. The molecule has 0 radical (unpaired) electrons. The third-order valence-electron chi connectivity index (χ3n) is 5.19. The molecule has 1 atom stereocenters. The molecule has 2 aromatic carbocycles. The third kappa shape index (κ3) is 7.29. The molecule has 2 N–H and O–H groups in total. The summed E-state index contributed by atoms with van der Waals surface area (Å²) < 4.78 is 38.6. The summed E-state index contributed by atoms with van der Waals surface area (Å²) in [7, 11) is 0. The Morgan fingerprint density at radius 1 is 1.16 bits per heavy atom. The monoisotopic (exact) mass is 431 g/mol. The Morgan fingerprint density at radius 2 is 1.94 bits per heavy atom. The lowest BCUT2D eigenvalue weighted by Gasteiger charge is -2.22. The number of hydrogen-bond donors (Lipinski definition) is 2. The molecule has 0 aliphatic carbocycles. The third-order valence-corrected chi connectivity index (χ3v) is 5.19. The molecule has 3 rings (SSSR count). The second kappa shape index (κ2) is 11.8. The van der Waals surface area contributed by atoms with Gasteiger partial charge in [-0.05, 0) is 43.9 Å². The molecule has 1 unspecified atom stereocenters. The van der Waals surface area contributed by atoms with Gasteiger partial charge in [-0.15, -0.1) is 0 Å². The standard InChI is InChI=1S/C24H31F2N3O2/c1-3-27-24(29-17(2)22-8-7-20(25)14-23(22)26)28-15-18-5-4-6-19(13-18)16-31-21-9-11-30-12-10-21/h4-8,13-14,17,21H,3,9-12,15-16H2,1-2H3,(H2,27,28,29). The number of aliphatic imine (C=N–C) groups is 1. The summed E-state index contributed by atoms with van der Waals surface area (Å²) in [5.74, 6) is -0.592. The zero-order valence-electron chi connectivity index (χ0n) is 18.2. The van der Waals surface area contributed by atoms with Gasteiger partial charge in [0.05, 0.1) is 25.3 Å².